The fourth-order valence-corrected chi connectivity index (χ4v) is 1.21. The zero-order valence-electron chi connectivity index (χ0n) is 6.54. The van der Waals surface area contributed by atoms with E-state index in [1.807, 2.05) is 6.92 Å². The molecular formula is C8H12O3. The van der Waals surface area contributed by atoms with Crippen LogP contribution in [0.15, 0.2) is 12.2 Å². The van der Waals surface area contributed by atoms with E-state index in [0.29, 0.717) is 12.8 Å². The third kappa shape index (κ3) is 2.05. The third-order valence-electron chi connectivity index (χ3n) is 1.69. The number of hydrogen-bond donors (Lipinski definition) is 1. The van der Waals surface area contributed by atoms with Gasteiger partial charge in [-0.05, 0) is 13.3 Å². The van der Waals surface area contributed by atoms with Crippen molar-refractivity contribution < 1.29 is 14.6 Å². The molecular weight excluding hydrogens is 144 g/mol. The van der Waals surface area contributed by atoms with E-state index in [4.69, 9.17) is 5.11 Å². The van der Waals surface area contributed by atoms with Crippen LogP contribution in [0.3, 0.4) is 0 Å². The summed E-state index contributed by atoms with van der Waals surface area (Å²) in [6, 6.07) is 0. The van der Waals surface area contributed by atoms with Crippen LogP contribution in [-0.4, -0.2) is 17.4 Å². The maximum Gasteiger partial charge on any atom is 0.308 e. The van der Waals surface area contributed by atoms with Crippen LogP contribution in [0.2, 0.25) is 0 Å². The van der Waals surface area contributed by atoms with E-state index in [1.54, 1.807) is 0 Å². The Morgan fingerprint density at radius 2 is 2.55 bits per heavy atom. The lowest BCUT2D eigenvalue weighted by molar-refractivity contribution is -0.155. The standard InChI is InChI=1S/C8H12O3/c1-5(2)3-6-4-7(9)11-8(6)10/h6,8,10H,1,3-4H2,2H3. The van der Waals surface area contributed by atoms with E-state index in [-0.39, 0.29) is 11.9 Å². The largest absolute Gasteiger partial charge is 0.436 e. The molecule has 0 amide bonds. The molecule has 1 aliphatic rings. The molecule has 1 aliphatic heterocycles. The lowest BCUT2D eigenvalue weighted by atomic mass is 9.99. The highest BCUT2D eigenvalue weighted by Crippen LogP contribution is 2.25. The highest BCUT2D eigenvalue weighted by molar-refractivity contribution is 5.71. The van der Waals surface area contributed by atoms with E-state index in [2.05, 4.69) is 11.3 Å². The predicted molar refractivity (Wildman–Crippen MR) is 39.6 cm³/mol. The minimum atomic E-state index is -0.917. The Bertz CT molecular complexity index is 186. The van der Waals surface area contributed by atoms with Crippen molar-refractivity contribution in [1.29, 1.82) is 0 Å². The van der Waals surface area contributed by atoms with E-state index >= 15 is 0 Å². The molecule has 0 aromatic carbocycles. The van der Waals surface area contributed by atoms with Crippen molar-refractivity contribution in [2.75, 3.05) is 0 Å². The van der Waals surface area contributed by atoms with Crippen LogP contribution < -0.4 is 0 Å². The first-order valence-corrected chi connectivity index (χ1v) is 3.61. The average Bonchev–Trinajstić information content (AvgIpc) is 2.09. The van der Waals surface area contributed by atoms with Gasteiger partial charge in [-0.25, -0.2) is 0 Å². The van der Waals surface area contributed by atoms with Crippen LogP contribution >= 0.6 is 0 Å². The first kappa shape index (κ1) is 8.27. The first-order valence-electron chi connectivity index (χ1n) is 3.61. The Hall–Kier alpha value is -0.830. The van der Waals surface area contributed by atoms with Gasteiger partial charge in [0.25, 0.3) is 0 Å². The fourth-order valence-electron chi connectivity index (χ4n) is 1.21. The molecule has 3 heteroatoms. The lowest BCUT2D eigenvalue weighted by Crippen LogP contribution is -2.14. The number of ether oxygens (including phenoxy) is 1. The molecule has 0 aromatic rings. The lowest BCUT2D eigenvalue weighted by Gasteiger charge is -2.10. The summed E-state index contributed by atoms with van der Waals surface area (Å²) >= 11 is 0. The van der Waals surface area contributed by atoms with Crippen LogP contribution in [0.5, 0.6) is 0 Å². The van der Waals surface area contributed by atoms with Crippen molar-refractivity contribution in [3.8, 4) is 0 Å². The second-order valence-corrected chi connectivity index (χ2v) is 3.01. The second kappa shape index (κ2) is 3.05. The summed E-state index contributed by atoms with van der Waals surface area (Å²) in [5.74, 6) is -0.399. The Balaban J connectivity index is 2.46. The summed E-state index contributed by atoms with van der Waals surface area (Å²) in [6.45, 7) is 5.57. The van der Waals surface area contributed by atoms with Crippen molar-refractivity contribution in [3.63, 3.8) is 0 Å². The molecule has 1 heterocycles. The number of aliphatic hydroxyl groups excluding tert-OH is 1. The molecule has 2 atom stereocenters. The van der Waals surface area contributed by atoms with Gasteiger partial charge in [0, 0.05) is 5.92 Å². The minimum absolute atomic E-state index is 0.0833. The maximum atomic E-state index is 10.6. The molecule has 1 fully saturated rings. The number of carbonyl (C=O) groups is 1. The molecule has 0 radical (unpaired) electrons. The van der Waals surface area contributed by atoms with Crippen molar-refractivity contribution >= 4 is 5.97 Å². The normalized spacial score (nSPS) is 30.2. The predicted octanol–water partition coefficient (Wildman–Crippen LogP) is 0.834. The van der Waals surface area contributed by atoms with Crippen molar-refractivity contribution in [2.45, 2.75) is 26.1 Å². The SMILES string of the molecule is C=C(C)CC1CC(=O)OC1O. The van der Waals surface area contributed by atoms with Crippen LogP contribution in [0, 0.1) is 5.92 Å². The Morgan fingerprint density at radius 1 is 1.91 bits per heavy atom. The highest BCUT2D eigenvalue weighted by atomic mass is 16.6. The van der Waals surface area contributed by atoms with E-state index in [9.17, 15) is 4.79 Å². The maximum absolute atomic E-state index is 10.6. The van der Waals surface area contributed by atoms with Crippen molar-refractivity contribution in [1.82, 2.24) is 0 Å². The molecule has 0 aromatic heterocycles. The molecule has 2 unspecified atom stereocenters. The van der Waals surface area contributed by atoms with Gasteiger partial charge >= 0.3 is 5.97 Å². The van der Waals surface area contributed by atoms with E-state index < -0.39 is 6.29 Å². The summed E-state index contributed by atoms with van der Waals surface area (Å²) in [7, 11) is 0. The molecule has 0 bridgehead atoms. The quantitative estimate of drug-likeness (QED) is 0.476. The Kier molecular flexibility index (Phi) is 2.29. The number of cyclic esters (lactones) is 1. The highest BCUT2D eigenvalue weighted by Gasteiger charge is 2.32. The number of carbonyl (C=O) groups excluding carboxylic acids is 1. The van der Waals surface area contributed by atoms with E-state index in [1.165, 1.54) is 0 Å². The smallest absolute Gasteiger partial charge is 0.308 e. The van der Waals surface area contributed by atoms with Gasteiger partial charge in [0.1, 0.15) is 0 Å². The number of hydrogen-bond acceptors (Lipinski definition) is 3. The van der Waals surface area contributed by atoms with Crippen molar-refractivity contribution in [3.05, 3.63) is 12.2 Å². The van der Waals surface area contributed by atoms with Gasteiger partial charge in [-0.1, -0.05) is 5.57 Å². The topological polar surface area (TPSA) is 46.5 Å². The molecule has 0 saturated carbocycles. The van der Waals surface area contributed by atoms with Gasteiger partial charge in [-0.15, -0.1) is 6.58 Å². The number of esters is 1. The summed E-state index contributed by atoms with van der Waals surface area (Å²) in [4.78, 5) is 10.6. The van der Waals surface area contributed by atoms with Gasteiger partial charge in [0.05, 0.1) is 6.42 Å². The molecule has 62 valence electrons. The van der Waals surface area contributed by atoms with E-state index in [0.717, 1.165) is 5.57 Å². The van der Waals surface area contributed by atoms with Crippen LogP contribution in [0.25, 0.3) is 0 Å². The van der Waals surface area contributed by atoms with Crippen molar-refractivity contribution in [2.24, 2.45) is 5.92 Å². The summed E-state index contributed by atoms with van der Waals surface area (Å²) in [5, 5.41) is 9.12. The van der Waals surface area contributed by atoms with Crippen LogP contribution in [0.4, 0.5) is 0 Å². The van der Waals surface area contributed by atoms with Crippen LogP contribution in [0.1, 0.15) is 19.8 Å². The molecule has 1 rings (SSSR count). The minimum Gasteiger partial charge on any atom is -0.436 e. The summed E-state index contributed by atoms with van der Waals surface area (Å²) < 4.78 is 4.55. The summed E-state index contributed by atoms with van der Waals surface area (Å²) in [5.41, 5.74) is 0.965. The monoisotopic (exact) mass is 156 g/mol. The molecule has 0 spiro atoms. The number of rotatable bonds is 2. The van der Waals surface area contributed by atoms with Gasteiger partial charge in [0.15, 0.2) is 0 Å². The zero-order chi connectivity index (χ0) is 8.43. The fraction of sp³-hybridized carbons (Fsp3) is 0.625. The second-order valence-electron chi connectivity index (χ2n) is 3.01. The van der Waals surface area contributed by atoms with Crippen LogP contribution in [-0.2, 0) is 9.53 Å². The molecule has 3 nitrogen and oxygen atoms in total. The Labute approximate surface area is 65.7 Å². The third-order valence-corrected chi connectivity index (χ3v) is 1.69. The van der Waals surface area contributed by atoms with Gasteiger partial charge in [-0.3, -0.25) is 4.79 Å². The first-order chi connectivity index (χ1) is 5.09. The number of allylic oxidation sites excluding steroid dienone is 1. The van der Waals surface area contributed by atoms with Gasteiger partial charge < -0.3 is 9.84 Å². The molecule has 1 saturated heterocycles. The van der Waals surface area contributed by atoms with Gasteiger partial charge in [0.2, 0.25) is 6.29 Å². The summed E-state index contributed by atoms with van der Waals surface area (Å²) in [6.07, 6.45) is 0.0557. The molecule has 11 heavy (non-hydrogen) atoms. The number of aliphatic hydroxyl groups is 1. The molecule has 0 aliphatic carbocycles. The molecule has 1 N–H and O–H groups in total. The Morgan fingerprint density at radius 3 is 2.91 bits per heavy atom. The zero-order valence-corrected chi connectivity index (χ0v) is 6.54. The average molecular weight is 156 g/mol. The van der Waals surface area contributed by atoms with Gasteiger partial charge in [-0.2, -0.15) is 0 Å².